The molecule has 1 aromatic carbocycles. The number of halogens is 1. The zero-order chi connectivity index (χ0) is 21.3. The van der Waals surface area contributed by atoms with Crippen molar-refractivity contribution in [2.24, 2.45) is 5.92 Å². The molecular weight excluding hydrogens is 387 g/mol. The number of aromatic amines is 1. The van der Waals surface area contributed by atoms with E-state index in [1.807, 2.05) is 18.7 Å². The van der Waals surface area contributed by atoms with Crippen LogP contribution in [0.25, 0.3) is 11.2 Å². The number of piperidine rings is 1. The molecule has 0 unspecified atom stereocenters. The number of hydrogen-bond donors (Lipinski definition) is 1. The predicted molar refractivity (Wildman–Crippen MR) is 109 cm³/mol. The predicted octanol–water partition coefficient (Wildman–Crippen LogP) is 2.45. The van der Waals surface area contributed by atoms with Gasteiger partial charge in [-0.1, -0.05) is 31.2 Å². The van der Waals surface area contributed by atoms with Crippen molar-refractivity contribution in [2.75, 3.05) is 13.1 Å². The van der Waals surface area contributed by atoms with Gasteiger partial charge < -0.3 is 9.88 Å². The van der Waals surface area contributed by atoms with Crippen molar-refractivity contribution < 1.29 is 9.18 Å². The van der Waals surface area contributed by atoms with Crippen LogP contribution in [-0.4, -0.2) is 48.9 Å². The molecule has 0 radical (unpaired) electrons. The molecule has 8 nitrogen and oxygen atoms in total. The fourth-order valence-electron chi connectivity index (χ4n) is 3.85. The number of rotatable bonds is 5. The van der Waals surface area contributed by atoms with E-state index < -0.39 is 0 Å². The molecule has 1 aliphatic rings. The van der Waals surface area contributed by atoms with Crippen molar-refractivity contribution in [1.82, 2.24) is 29.9 Å². The third-order valence-electron chi connectivity index (χ3n) is 5.38. The molecule has 1 aliphatic heterocycles. The number of nitrogens with one attached hydrogen (secondary N) is 1. The maximum Gasteiger partial charge on any atom is 0.281 e. The number of aromatic nitrogens is 5. The van der Waals surface area contributed by atoms with Crippen LogP contribution in [-0.2, 0) is 11.3 Å². The van der Waals surface area contributed by atoms with E-state index in [0.717, 1.165) is 24.9 Å². The molecule has 0 saturated carbocycles. The van der Waals surface area contributed by atoms with Crippen LogP contribution in [0.3, 0.4) is 0 Å². The van der Waals surface area contributed by atoms with Crippen LogP contribution >= 0.6 is 0 Å². The maximum absolute atomic E-state index is 13.2. The van der Waals surface area contributed by atoms with Gasteiger partial charge >= 0.3 is 0 Å². The summed E-state index contributed by atoms with van der Waals surface area (Å²) in [6.45, 7) is 5.66. The SMILES string of the molecule is CC(C)CC(=O)N1CCC[C@H](c2nc3c(nnn3Cc3ccc(F)cc3)c(=O)[nH]2)C1. The number of benzene rings is 1. The average molecular weight is 412 g/mol. The van der Waals surface area contributed by atoms with Gasteiger partial charge in [0.1, 0.15) is 11.6 Å². The van der Waals surface area contributed by atoms with Gasteiger partial charge in [-0.15, -0.1) is 5.10 Å². The number of H-pyrrole nitrogens is 1. The first-order valence-electron chi connectivity index (χ1n) is 10.3. The van der Waals surface area contributed by atoms with Crippen LogP contribution in [0.2, 0.25) is 0 Å². The lowest BCUT2D eigenvalue weighted by atomic mass is 9.96. The largest absolute Gasteiger partial charge is 0.342 e. The van der Waals surface area contributed by atoms with E-state index >= 15 is 0 Å². The second-order valence-corrected chi connectivity index (χ2v) is 8.27. The Balaban J connectivity index is 1.61. The number of nitrogens with zero attached hydrogens (tertiary/aromatic N) is 5. The van der Waals surface area contributed by atoms with Crippen molar-refractivity contribution >= 4 is 17.1 Å². The van der Waals surface area contributed by atoms with Crippen LogP contribution in [0.4, 0.5) is 4.39 Å². The molecule has 2 aromatic heterocycles. The first kappa shape index (κ1) is 20.2. The minimum absolute atomic E-state index is 0.0406. The summed E-state index contributed by atoms with van der Waals surface area (Å²) in [6, 6.07) is 6.09. The van der Waals surface area contributed by atoms with Gasteiger partial charge in [0, 0.05) is 25.4 Å². The van der Waals surface area contributed by atoms with Gasteiger partial charge in [0.05, 0.1) is 6.54 Å². The third-order valence-corrected chi connectivity index (χ3v) is 5.38. The fourth-order valence-corrected chi connectivity index (χ4v) is 3.85. The molecule has 30 heavy (non-hydrogen) atoms. The molecule has 1 fully saturated rings. The minimum Gasteiger partial charge on any atom is -0.342 e. The van der Waals surface area contributed by atoms with Crippen molar-refractivity contribution in [3.8, 4) is 0 Å². The van der Waals surface area contributed by atoms with Gasteiger partial charge in [0.15, 0.2) is 11.2 Å². The van der Waals surface area contributed by atoms with E-state index in [0.29, 0.717) is 36.9 Å². The summed E-state index contributed by atoms with van der Waals surface area (Å²) in [5, 5.41) is 8.02. The third kappa shape index (κ3) is 4.24. The Bertz CT molecular complexity index is 1100. The number of amides is 1. The lowest BCUT2D eigenvalue weighted by Crippen LogP contribution is -2.40. The summed E-state index contributed by atoms with van der Waals surface area (Å²) in [5.74, 6) is 0.645. The molecule has 1 saturated heterocycles. The second-order valence-electron chi connectivity index (χ2n) is 8.27. The highest BCUT2D eigenvalue weighted by Crippen LogP contribution is 2.25. The van der Waals surface area contributed by atoms with Gasteiger partial charge in [0.25, 0.3) is 5.56 Å². The average Bonchev–Trinajstić information content (AvgIpc) is 3.12. The molecule has 0 aliphatic carbocycles. The summed E-state index contributed by atoms with van der Waals surface area (Å²) < 4.78 is 14.7. The molecule has 158 valence electrons. The highest BCUT2D eigenvalue weighted by atomic mass is 19.1. The van der Waals surface area contributed by atoms with Crippen molar-refractivity contribution in [2.45, 2.75) is 45.6 Å². The molecule has 3 aromatic rings. The van der Waals surface area contributed by atoms with E-state index in [1.54, 1.807) is 16.8 Å². The zero-order valence-electron chi connectivity index (χ0n) is 17.1. The van der Waals surface area contributed by atoms with Crippen LogP contribution in [0.1, 0.15) is 50.4 Å². The maximum atomic E-state index is 13.2. The van der Waals surface area contributed by atoms with Crippen molar-refractivity contribution in [1.29, 1.82) is 0 Å². The Hall–Kier alpha value is -3.10. The lowest BCUT2D eigenvalue weighted by molar-refractivity contribution is -0.133. The quantitative estimate of drug-likeness (QED) is 0.694. The molecule has 1 atom stereocenters. The molecule has 0 spiro atoms. The van der Waals surface area contributed by atoms with Crippen LogP contribution in [0.15, 0.2) is 29.1 Å². The Morgan fingerprint density at radius 2 is 2.07 bits per heavy atom. The van der Waals surface area contributed by atoms with Gasteiger partial charge in [-0.2, -0.15) is 0 Å². The normalized spacial score (nSPS) is 17.1. The van der Waals surface area contributed by atoms with E-state index in [4.69, 9.17) is 0 Å². The summed E-state index contributed by atoms with van der Waals surface area (Å²) in [6.07, 6.45) is 2.23. The van der Waals surface area contributed by atoms with Crippen LogP contribution in [0.5, 0.6) is 0 Å². The molecule has 4 rings (SSSR count). The summed E-state index contributed by atoms with van der Waals surface area (Å²) >= 11 is 0. The molecule has 0 bridgehead atoms. The Morgan fingerprint density at radius 3 is 2.80 bits per heavy atom. The summed E-state index contributed by atoms with van der Waals surface area (Å²) in [7, 11) is 0. The van der Waals surface area contributed by atoms with E-state index in [-0.39, 0.29) is 28.7 Å². The summed E-state index contributed by atoms with van der Waals surface area (Å²) in [4.78, 5) is 34.4. The second kappa shape index (κ2) is 8.33. The lowest BCUT2D eigenvalue weighted by Gasteiger charge is -2.32. The molecular formula is C21H25FN6O2. The van der Waals surface area contributed by atoms with Crippen molar-refractivity contribution in [3.63, 3.8) is 0 Å². The first-order chi connectivity index (χ1) is 14.4. The van der Waals surface area contributed by atoms with E-state index in [9.17, 15) is 14.0 Å². The molecule has 9 heteroatoms. The Morgan fingerprint density at radius 1 is 1.30 bits per heavy atom. The number of carbonyl (C=O) groups is 1. The number of likely N-dealkylation sites (tertiary alicyclic amines) is 1. The molecule has 1 N–H and O–H groups in total. The smallest absolute Gasteiger partial charge is 0.281 e. The van der Waals surface area contributed by atoms with Gasteiger partial charge in [-0.3, -0.25) is 9.59 Å². The highest BCUT2D eigenvalue weighted by molar-refractivity contribution is 5.76. The van der Waals surface area contributed by atoms with Gasteiger partial charge in [-0.05, 0) is 36.5 Å². The topological polar surface area (TPSA) is 96.8 Å². The highest BCUT2D eigenvalue weighted by Gasteiger charge is 2.27. The number of hydrogen-bond acceptors (Lipinski definition) is 5. The van der Waals surface area contributed by atoms with E-state index in [1.165, 1.54) is 12.1 Å². The van der Waals surface area contributed by atoms with Gasteiger partial charge in [-0.25, -0.2) is 14.1 Å². The molecule has 1 amide bonds. The Labute approximate surface area is 173 Å². The first-order valence-corrected chi connectivity index (χ1v) is 10.3. The standard InChI is InChI=1S/C21H25FN6O2/c1-13(2)10-17(29)27-9-3-4-15(12-27)19-23-20-18(21(30)24-19)25-26-28(20)11-14-5-7-16(22)8-6-14/h5-8,13,15H,3-4,9-12H2,1-2H3,(H,23,24,30)/t15-/m0/s1. The van der Waals surface area contributed by atoms with Crippen LogP contribution < -0.4 is 5.56 Å². The number of fused-ring (bicyclic) bond motifs is 1. The molecule has 3 heterocycles. The summed E-state index contributed by atoms with van der Waals surface area (Å²) in [5.41, 5.74) is 1.05. The Kier molecular flexibility index (Phi) is 5.61. The monoisotopic (exact) mass is 412 g/mol. The fraction of sp³-hybridized carbons (Fsp3) is 0.476. The number of carbonyl (C=O) groups excluding carboxylic acids is 1. The minimum atomic E-state index is -0.342. The van der Waals surface area contributed by atoms with Crippen LogP contribution in [0, 0.1) is 11.7 Å². The van der Waals surface area contributed by atoms with Gasteiger partial charge in [0.2, 0.25) is 5.91 Å². The zero-order valence-corrected chi connectivity index (χ0v) is 17.1. The van der Waals surface area contributed by atoms with Crippen molar-refractivity contribution in [3.05, 3.63) is 51.8 Å². The van der Waals surface area contributed by atoms with E-state index in [2.05, 4.69) is 20.3 Å².